The maximum Gasteiger partial charge on any atom is 0.320 e. The Bertz CT molecular complexity index is 205. The molecule has 0 amide bonds. The molecule has 1 aliphatic heterocycles. The smallest absolute Gasteiger partial charge is 0.320 e. The van der Waals surface area contributed by atoms with Crippen molar-refractivity contribution in [2.75, 3.05) is 13.1 Å². The molecule has 82 valence electrons. The van der Waals surface area contributed by atoms with Gasteiger partial charge in [0.15, 0.2) is 0 Å². The van der Waals surface area contributed by atoms with Crippen LogP contribution in [0.4, 0.5) is 0 Å². The number of hydrogen-bond acceptors (Lipinski definition) is 2. The third kappa shape index (κ3) is 2.47. The monoisotopic (exact) mass is 199 g/mol. The van der Waals surface area contributed by atoms with Crippen molar-refractivity contribution >= 4 is 5.97 Å². The fraction of sp³-hybridized carbons (Fsp3) is 0.909. The second-order valence-electron chi connectivity index (χ2n) is 4.50. The molecule has 0 radical (unpaired) electrons. The van der Waals surface area contributed by atoms with Gasteiger partial charge in [0.1, 0.15) is 6.04 Å². The summed E-state index contributed by atoms with van der Waals surface area (Å²) in [4.78, 5) is 13.1. The first-order valence-corrected chi connectivity index (χ1v) is 5.53. The van der Waals surface area contributed by atoms with Crippen LogP contribution in [0.25, 0.3) is 0 Å². The van der Waals surface area contributed by atoms with Gasteiger partial charge in [0.25, 0.3) is 0 Å². The minimum Gasteiger partial charge on any atom is -0.480 e. The summed E-state index contributed by atoms with van der Waals surface area (Å²) in [7, 11) is 0. The molecule has 1 N–H and O–H groups in total. The van der Waals surface area contributed by atoms with Crippen LogP contribution in [0.15, 0.2) is 0 Å². The number of nitrogens with zero attached hydrogens (tertiary/aromatic N) is 1. The largest absolute Gasteiger partial charge is 0.480 e. The molecule has 1 aliphatic rings. The summed E-state index contributed by atoms with van der Waals surface area (Å²) in [5.74, 6) is 0.684. The molecule has 0 aromatic heterocycles. The van der Waals surface area contributed by atoms with Crippen LogP contribution in [0, 0.1) is 11.8 Å². The molecule has 0 aromatic carbocycles. The highest BCUT2D eigenvalue weighted by atomic mass is 16.4. The van der Waals surface area contributed by atoms with Crippen molar-refractivity contribution in [3.05, 3.63) is 0 Å². The molecule has 3 heteroatoms. The second kappa shape index (κ2) is 4.78. The van der Waals surface area contributed by atoms with Crippen LogP contribution in [0.1, 0.15) is 33.6 Å². The van der Waals surface area contributed by atoms with Gasteiger partial charge in [0, 0.05) is 6.54 Å². The SMILES string of the molecule is CCC(C(=O)O)N1CCC(C)C(C)C1. The van der Waals surface area contributed by atoms with E-state index in [1.165, 1.54) is 0 Å². The number of carboxylic acid groups (broad SMARTS) is 1. The zero-order valence-electron chi connectivity index (χ0n) is 9.36. The van der Waals surface area contributed by atoms with Crippen LogP contribution in [-0.4, -0.2) is 35.1 Å². The van der Waals surface area contributed by atoms with E-state index in [1.54, 1.807) is 0 Å². The quantitative estimate of drug-likeness (QED) is 0.754. The minimum absolute atomic E-state index is 0.273. The van der Waals surface area contributed by atoms with Gasteiger partial charge in [-0.1, -0.05) is 20.8 Å². The molecule has 1 fully saturated rings. The topological polar surface area (TPSA) is 40.5 Å². The average Bonchev–Trinajstić information content (AvgIpc) is 2.11. The summed E-state index contributed by atoms with van der Waals surface area (Å²) < 4.78 is 0. The Morgan fingerprint density at radius 2 is 2.14 bits per heavy atom. The Hall–Kier alpha value is -0.570. The molecule has 0 spiro atoms. The molecule has 1 heterocycles. The second-order valence-corrected chi connectivity index (χ2v) is 4.50. The van der Waals surface area contributed by atoms with Crippen LogP contribution in [-0.2, 0) is 4.79 Å². The number of aliphatic carboxylic acids is 1. The standard InChI is InChI=1S/C11H21NO2/c1-4-10(11(13)14)12-6-5-8(2)9(3)7-12/h8-10H,4-7H2,1-3H3,(H,13,14). The Morgan fingerprint density at radius 1 is 1.50 bits per heavy atom. The van der Waals surface area contributed by atoms with E-state index in [0.717, 1.165) is 25.4 Å². The summed E-state index contributed by atoms with van der Waals surface area (Å²) in [6, 6.07) is -0.273. The van der Waals surface area contributed by atoms with E-state index in [1.807, 2.05) is 6.92 Å². The number of carbonyl (C=O) groups is 1. The number of piperidine rings is 1. The van der Waals surface area contributed by atoms with Crippen LogP contribution in [0.5, 0.6) is 0 Å². The number of carboxylic acids is 1. The van der Waals surface area contributed by atoms with E-state index in [2.05, 4.69) is 18.7 Å². The maximum absolute atomic E-state index is 11.0. The molecule has 1 saturated heterocycles. The van der Waals surface area contributed by atoms with Gasteiger partial charge in [-0.3, -0.25) is 9.69 Å². The molecule has 0 bridgehead atoms. The highest BCUT2D eigenvalue weighted by molar-refractivity contribution is 5.73. The lowest BCUT2D eigenvalue weighted by molar-refractivity contribution is -0.144. The first-order valence-electron chi connectivity index (χ1n) is 5.53. The molecule has 0 aromatic rings. The third-order valence-electron chi connectivity index (χ3n) is 3.48. The first kappa shape index (κ1) is 11.5. The normalized spacial score (nSPS) is 31.4. The first-order chi connectivity index (χ1) is 6.56. The minimum atomic E-state index is -0.672. The zero-order chi connectivity index (χ0) is 10.7. The molecule has 14 heavy (non-hydrogen) atoms. The summed E-state index contributed by atoms with van der Waals surface area (Å²) in [5, 5.41) is 9.04. The fourth-order valence-electron chi connectivity index (χ4n) is 2.17. The third-order valence-corrected chi connectivity index (χ3v) is 3.48. The molecule has 0 saturated carbocycles. The van der Waals surface area contributed by atoms with Gasteiger partial charge < -0.3 is 5.11 Å². The van der Waals surface area contributed by atoms with Crippen molar-refractivity contribution in [2.24, 2.45) is 11.8 Å². The highest BCUT2D eigenvalue weighted by Gasteiger charge is 2.30. The summed E-state index contributed by atoms with van der Waals surface area (Å²) >= 11 is 0. The Balaban J connectivity index is 2.56. The predicted molar refractivity (Wildman–Crippen MR) is 56.2 cm³/mol. The van der Waals surface area contributed by atoms with E-state index in [4.69, 9.17) is 5.11 Å². The number of hydrogen-bond donors (Lipinski definition) is 1. The van der Waals surface area contributed by atoms with Gasteiger partial charge in [-0.2, -0.15) is 0 Å². The van der Waals surface area contributed by atoms with Crippen molar-refractivity contribution in [3.63, 3.8) is 0 Å². The van der Waals surface area contributed by atoms with Crippen molar-refractivity contribution in [2.45, 2.75) is 39.7 Å². The van der Waals surface area contributed by atoms with Gasteiger partial charge in [0.2, 0.25) is 0 Å². The molecular formula is C11H21NO2. The Morgan fingerprint density at radius 3 is 2.57 bits per heavy atom. The zero-order valence-corrected chi connectivity index (χ0v) is 9.36. The molecular weight excluding hydrogens is 178 g/mol. The maximum atomic E-state index is 11.0. The highest BCUT2D eigenvalue weighted by Crippen LogP contribution is 2.24. The molecule has 1 rings (SSSR count). The van der Waals surface area contributed by atoms with Crippen LogP contribution >= 0.6 is 0 Å². The lowest BCUT2D eigenvalue weighted by Crippen LogP contribution is -2.47. The summed E-state index contributed by atoms with van der Waals surface area (Å²) in [6.45, 7) is 8.29. The van der Waals surface area contributed by atoms with Crippen molar-refractivity contribution in [3.8, 4) is 0 Å². The van der Waals surface area contributed by atoms with Crippen molar-refractivity contribution < 1.29 is 9.90 Å². The van der Waals surface area contributed by atoms with Crippen molar-refractivity contribution in [1.82, 2.24) is 4.90 Å². The average molecular weight is 199 g/mol. The van der Waals surface area contributed by atoms with Crippen LogP contribution < -0.4 is 0 Å². The fourth-order valence-corrected chi connectivity index (χ4v) is 2.17. The lowest BCUT2D eigenvalue weighted by atomic mass is 9.88. The van der Waals surface area contributed by atoms with Crippen LogP contribution in [0.3, 0.4) is 0 Å². The molecule has 0 aliphatic carbocycles. The van der Waals surface area contributed by atoms with Gasteiger partial charge >= 0.3 is 5.97 Å². The van der Waals surface area contributed by atoms with Gasteiger partial charge in [-0.15, -0.1) is 0 Å². The van der Waals surface area contributed by atoms with E-state index in [0.29, 0.717) is 12.3 Å². The Kier molecular flexibility index (Phi) is 3.93. The summed E-state index contributed by atoms with van der Waals surface area (Å²) in [5.41, 5.74) is 0. The Labute approximate surface area is 86.1 Å². The van der Waals surface area contributed by atoms with E-state index >= 15 is 0 Å². The van der Waals surface area contributed by atoms with Gasteiger partial charge in [-0.25, -0.2) is 0 Å². The number of rotatable bonds is 3. The predicted octanol–water partition coefficient (Wildman–Crippen LogP) is 1.83. The molecule has 3 atom stereocenters. The van der Waals surface area contributed by atoms with Gasteiger partial charge in [-0.05, 0) is 31.2 Å². The van der Waals surface area contributed by atoms with E-state index < -0.39 is 5.97 Å². The van der Waals surface area contributed by atoms with E-state index in [-0.39, 0.29) is 6.04 Å². The molecule has 3 unspecified atom stereocenters. The van der Waals surface area contributed by atoms with Crippen LogP contribution in [0.2, 0.25) is 0 Å². The molecule has 3 nitrogen and oxygen atoms in total. The van der Waals surface area contributed by atoms with Crippen molar-refractivity contribution in [1.29, 1.82) is 0 Å². The van der Waals surface area contributed by atoms with Gasteiger partial charge in [0.05, 0.1) is 0 Å². The van der Waals surface area contributed by atoms with E-state index in [9.17, 15) is 4.79 Å². The lowest BCUT2D eigenvalue weighted by Gasteiger charge is -2.38. The summed E-state index contributed by atoms with van der Waals surface area (Å²) in [6.07, 6.45) is 1.83. The number of likely N-dealkylation sites (tertiary alicyclic amines) is 1.